The van der Waals surface area contributed by atoms with Gasteiger partial charge in [-0.25, -0.2) is 4.39 Å². The molecule has 41 heavy (non-hydrogen) atoms. The Bertz CT molecular complexity index is 1490. The van der Waals surface area contributed by atoms with Crippen molar-refractivity contribution in [1.29, 1.82) is 0 Å². The normalized spacial score (nSPS) is 19.7. The van der Waals surface area contributed by atoms with Crippen LogP contribution in [0.5, 0.6) is 5.75 Å². The summed E-state index contributed by atoms with van der Waals surface area (Å²) in [4.78, 5) is 31.1. The van der Waals surface area contributed by atoms with Crippen LogP contribution in [-0.4, -0.2) is 54.6 Å². The molecule has 3 aromatic rings. The maximum Gasteiger partial charge on any atom is 0.417 e. The molecule has 1 amide bonds. The zero-order chi connectivity index (χ0) is 29.5. The van der Waals surface area contributed by atoms with Gasteiger partial charge in [0.2, 0.25) is 5.56 Å². The molecular formula is C30H32F4N4O3. The number of carbonyl (C=O) groups is 1. The average Bonchev–Trinajstić information content (AvgIpc) is 3.75. The molecule has 2 N–H and O–H groups in total. The molecule has 2 unspecified atom stereocenters. The first-order valence-electron chi connectivity index (χ1n) is 13.6. The Hall–Kier alpha value is -3.86. The van der Waals surface area contributed by atoms with E-state index in [9.17, 15) is 22.8 Å². The van der Waals surface area contributed by atoms with Gasteiger partial charge in [0.1, 0.15) is 11.6 Å². The van der Waals surface area contributed by atoms with Crippen molar-refractivity contribution in [2.24, 2.45) is 5.92 Å². The summed E-state index contributed by atoms with van der Waals surface area (Å²) >= 11 is 0. The van der Waals surface area contributed by atoms with Crippen LogP contribution in [0.3, 0.4) is 0 Å². The van der Waals surface area contributed by atoms with Gasteiger partial charge in [0.15, 0.2) is 0 Å². The highest BCUT2D eigenvalue weighted by molar-refractivity contribution is 6.07. The molecule has 11 heteroatoms. The summed E-state index contributed by atoms with van der Waals surface area (Å²) in [7, 11) is 1.99. The number of hydrogen-bond acceptors (Lipinski definition) is 5. The number of nitrogens with one attached hydrogen (secondary N) is 2. The van der Waals surface area contributed by atoms with Gasteiger partial charge in [0, 0.05) is 43.0 Å². The zero-order valence-electron chi connectivity index (χ0n) is 23.0. The average molecular weight is 573 g/mol. The van der Waals surface area contributed by atoms with Crippen molar-refractivity contribution in [1.82, 2.24) is 9.88 Å². The van der Waals surface area contributed by atoms with Gasteiger partial charge in [-0.1, -0.05) is 12.1 Å². The highest BCUT2D eigenvalue weighted by Gasteiger charge is 2.36. The minimum Gasteiger partial charge on any atom is -0.493 e. The van der Waals surface area contributed by atoms with Crippen LogP contribution in [0.4, 0.5) is 28.9 Å². The second-order valence-corrected chi connectivity index (χ2v) is 11.0. The van der Waals surface area contributed by atoms with E-state index in [1.54, 1.807) is 24.3 Å². The van der Waals surface area contributed by atoms with Crippen LogP contribution in [0.2, 0.25) is 0 Å². The number of hydrogen-bond donors (Lipinski definition) is 2. The number of piperazine rings is 1. The van der Waals surface area contributed by atoms with E-state index in [2.05, 4.69) is 15.2 Å². The van der Waals surface area contributed by atoms with Crippen molar-refractivity contribution in [3.05, 3.63) is 76.0 Å². The number of halogens is 4. The molecule has 1 aliphatic heterocycles. The van der Waals surface area contributed by atoms with Gasteiger partial charge in [-0.3, -0.25) is 14.5 Å². The molecule has 0 radical (unpaired) electrons. The topological polar surface area (TPSA) is 77.7 Å². The highest BCUT2D eigenvalue weighted by atomic mass is 19.4. The standard InChI is InChI=1S/C30H32F4N4O3/c1-17-14-38(15-18(2)37(17)3)27-12-25(31)22(20-5-4-6-21(9-20)41-16-19-7-8-19)10-26(27)36-29(40)23-13-35-28(39)11-24(23)30(32,33)34/h4-6,9-13,17-19H,7-8,14-16H2,1-3H3,(H,35,39)(H,36,40). The predicted molar refractivity (Wildman–Crippen MR) is 149 cm³/mol. The number of aromatic amines is 1. The minimum atomic E-state index is -4.93. The van der Waals surface area contributed by atoms with Gasteiger partial charge in [0.05, 0.1) is 29.1 Å². The van der Waals surface area contributed by atoms with E-state index in [4.69, 9.17) is 4.74 Å². The Morgan fingerprint density at radius 3 is 2.46 bits per heavy atom. The summed E-state index contributed by atoms with van der Waals surface area (Å²) in [5.74, 6) is -0.520. The summed E-state index contributed by atoms with van der Waals surface area (Å²) in [6.45, 7) is 5.65. The van der Waals surface area contributed by atoms with E-state index in [1.165, 1.54) is 12.1 Å². The monoisotopic (exact) mass is 572 g/mol. The molecule has 7 nitrogen and oxygen atoms in total. The predicted octanol–water partition coefficient (Wildman–Crippen LogP) is 5.77. The maximum absolute atomic E-state index is 15.7. The lowest BCUT2D eigenvalue weighted by Gasteiger charge is -2.44. The molecule has 2 aliphatic rings. The quantitative estimate of drug-likeness (QED) is 0.352. The lowest BCUT2D eigenvalue weighted by molar-refractivity contribution is -0.138. The van der Waals surface area contributed by atoms with Gasteiger partial charge in [-0.05, 0) is 69.5 Å². The maximum atomic E-state index is 15.7. The summed E-state index contributed by atoms with van der Waals surface area (Å²) in [6, 6.07) is 10.2. The molecule has 1 aliphatic carbocycles. The number of benzene rings is 2. The number of rotatable bonds is 7. The third-order valence-corrected chi connectivity index (χ3v) is 7.84. The number of pyridine rings is 1. The summed E-state index contributed by atoms with van der Waals surface area (Å²) < 4.78 is 62.7. The third-order valence-electron chi connectivity index (χ3n) is 7.84. The van der Waals surface area contributed by atoms with E-state index in [0.717, 1.165) is 19.0 Å². The number of carbonyl (C=O) groups excluding carboxylic acids is 1. The van der Waals surface area contributed by atoms with Crippen LogP contribution in [-0.2, 0) is 6.18 Å². The second-order valence-electron chi connectivity index (χ2n) is 11.0. The van der Waals surface area contributed by atoms with Crippen LogP contribution in [0, 0.1) is 11.7 Å². The van der Waals surface area contributed by atoms with Crippen molar-refractivity contribution in [2.45, 2.75) is 44.9 Å². The van der Waals surface area contributed by atoms with E-state index >= 15 is 4.39 Å². The lowest BCUT2D eigenvalue weighted by atomic mass is 10.0. The first-order valence-corrected chi connectivity index (χ1v) is 13.6. The van der Waals surface area contributed by atoms with Crippen LogP contribution in [0.1, 0.15) is 42.6 Å². The van der Waals surface area contributed by atoms with E-state index in [0.29, 0.717) is 48.7 Å². The minimum absolute atomic E-state index is 0.0985. The number of nitrogens with zero attached hydrogens (tertiary/aromatic N) is 2. The Labute approximate surface area is 235 Å². The van der Waals surface area contributed by atoms with Crippen molar-refractivity contribution in [3.8, 4) is 16.9 Å². The molecule has 1 saturated heterocycles. The fourth-order valence-electron chi connectivity index (χ4n) is 5.08. The Morgan fingerprint density at radius 1 is 1.10 bits per heavy atom. The number of anilines is 2. The SMILES string of the molecule is CC1CN(c2cc(F)c(-c3cccc(OCC4CC4)c3)cc2NC(=O)c2c[nH]c(=O)cc2C(F)(F)F)CC(C)N1C. The van der Waals surface area contributed by atoms with Crippen molar-refractivity contribution in [2.75, 3.05) is 37.0 Å². The van der Waals surface area contributed by atoms with Crippen LogP contribution >= 0.6 is 0 Å². The Balaban J connectivity index is 1.55. The number of aromatic nitrogens is 1. The molecule has 218 valence electrons. The van der Waals surface area contributed by atoms with Crippen molar-refractivity contribution >= 4 is 17.3 Å². The first kappa shape index (κ1) is 28.7. The smallest absolute Gasteiger partial charge is 0.417 e. The number of ether oxygens (including phenoxy) is 1. The molecular weight excluding hydrogens is 540 g/mol. The third kappa shape index (κ3) is 6.40. The van der Waals surface area contributed by atoms with Crippen molar-refractivity contribution < 1.29 is 27.1 Å². The van der Waals surface area contributed by atoms with Gasteiger partial charge in [-0.15, -0.1) is 0 Å². The molecule has 0 bridgehead atoms. The molecule has 0 spiro atoms. The van der Waals surface area contributed by atoms with Crippen molar-refractivity contribution in [3.63, 3.8) is 0 Å². The number of H-pyrrole nitrogens is 1. The molecule has 2 fully saturated rings. The Morgan fingerprint density at radius 2 is 1.80 bits per heavy atom. The summed E-state index contributed by atoms with van der Waals surface area (Å²) in [6.07, 6.45) is -1.95. The van der Waals surface area contributed by atoms with Gasteiger partial charge in [0.25, 0.3) is 5.91 Å². The van der Waals surface area contributed by atoms with E-state index in [-0.39, 0.29) is 23.3 Å². The fraction of sp³-hybridized carbons (Fsp3) is 0.400. The molecule has 2 heterocycles. The summed E-state index contributed by atoms with van der Waals surface area (Å²) in [5, 5.41) is 2.58. The van der Waals surface area contributed by atoms with Gasteiger partial charge >= 0.3 is 6.18 Å². The largest absolute Gasteiger partial charge is 0.493 e. The number of alkyl halides is 3. The van der Waals surface area contributed by atoms with Crippen LogP contribution < -0.4 is 20.5 Å². The second kappa shape index (κ2) is 11.2. The molecule has 2 atom stereocenters. The first-order chi connectivity index (χ1) is 19.4. The molecule has 2 aromatic carbocycles. The van der Waals surface area contributed by atoms with Gasteiger partial charge < -0.3 is 19.9 Å². The Kier molecular flexibility index (Phi) is 7.83. The summed E-state index contributed by atoms with van der Waals surface area (Å²) in [5.41, 5.74) is -1.92. The molecule has 5 rings (SSSR count). The van der Waals surface area contributed by atoms with E-state index in [1.807, 2.05) is 25.8 Å². The fourth-order valence-corrected chi connectivity index (χ4v) is 5.08. The van der Waals surface area contributed by atoms with Crippen LogP contribution in [0.25, 0.3) is 11.1 Å². The number of likely N-dealkylation sites (N-methyl/N-ethyl adjacent to an activating group) is 1. The zero-order valence-corrected chi connectivity index (χ0v) is 23.0. The lowest BCUT2D eigenvalue weighted by Crippen LogP contribution is -2.55. The highest BCUT2D eigenvalue weighted by Crippen LogP contribution is 2.38. The number of amides is 1. The molecule has 1 aromatic heterocycles. The van der Waals surface area contributed by atoms with E-state index < -0.39 is 34.6 Å². The molecule has 1 saturated carbocycles. The van der Waals surface area contributed by atoms with Crippen LogP contribution in [0.15, 0.2) is 53.5 Å². The van der Waals surface area contributed by atoms with Gasteiger partial charge in [-0.2, -0.15) is 13.2 Å².